The molecule has 2 rings (SSSR count). The van der Waals surface area contributed by atoms with Crippen molar-refractivity contribution in [2.75, 3.05) is 13.1 Å². The van der Waals surface area contributed by atoms with Crippen LogP contribution in [0.25, 0.3) is 4.85 Å². The molecule has 0 aromatic rings. The van der Waals surface area contributed by atoms with Crippen molar-refractivity contribution in [3.05, 3.63) is 11.4 Å². The van der Waals surface area contributed by atoms with Crippen LogP contribution in [0, 0.1) is 6.57 Å². The van der Waals surface area contributed by atoms with Gasteiger partial charge in [-0.15, -0.1) is 0 Å². The molecule has 2 fully saturated rings. The number of rotatable bonds is 2. The molecule has 0 atom stereocenters. The van der Waals surface area contributed by atoms with E-state index in [9.17, 15) is 4.79 Å². The van der Waals surface area contributed by atoms with Crippen molar-refractivity contribution in [2.45, 2.75) is 70.2 Å². The molecule has 1 heterocycles. The monoisotopic (exact) mass is 279 g/mol. The number of likely N-dealkylation sites (tertiary alicyclic amines) is 1. The van der Waals surface area contributed by atoms with E-state index in [1.807, 2.05) is 20.8 Å². The zero-order chi connectivity index (χ0) is 14.8. The number of carbonyl (C=O) groups is 1. The molecule has 0 radical (unpaired) electrons. The Morgan fingerprint density at radius 2 is 1.85 bits per heavy atom. The van der Waals surface area contributed by atoms with Gasteiger partial charge in [-0.1, -0.05) is 0 Å². The summed E-state index contributed by atoms with van der Waals surface area (Å²) in [6.45, 7) is 14.5. The first kappa shape index (κ1) is 15.1. The fourth-order valence-corrected chi connectivity index (χ4v) is 2.93. The van der Waals surface area contributed by atoms with Crippen LogP contribution in [0.3, 0.4) is 0 Å². The van der Waals surface area contributed by atoms with Crippen molar-refractivity contribution in [1.82, 2.24) is 10.2 Å². The molecular formula is C15H25N3O2. The largest absolute Gasteiger partial charge is 0.444 e. The Hall–Kier alpha value is -1.28. The van der Waals surface area contributed by atoms with Gasteiger partial charge in [0.05, 0.1) is 6.04 Å². The molecule has 1 aliphatic carbocycles. The third kappa shape index (κ3) is 4.11. The molecule has 5 heteroatoms. The fraction of sp³-hybridized carbons (Fsp3) is 0.867. The number of alkyl carbamates (subject to hydrolysis) is 1. The van der Waals surface area contributed by atoms with E-state index in [0.717, 1.165) is 38.8 Å². The minimum Gasteiger partial charge on any atom is -0.444 e. The number of ether oxygens (including phenoxy) is 1. The molecule has 0 aromatic carbocycles. The van der Waals surface area contributed by atoms with Gasteiger partial charge in [0, 0.05) is 32.0 Å². The lowest BCUT2D eigenvalue weighted by atomic mass is 9.88. The summed E-state index contributed by atoms with van der Waals surface area (Å²) in [4.78, 5) is 17.7. The number of carbonyl (C=O) groups excluding carboxylic acids is 1. The normalized spacial score (nSPS) is 28.3. The standard InChI is InChI=1S/C15H25N3O2/c1-15(2,3)20-14(19)17-12-9-18(10-12)13-7-5-11(16-4)6-8-13/h11-13H,5-10H2,1-3H3,(H,17,19). The van der Waals surface area contributed by atoms with Crippen LogP contribution in [0.4, 0.5) is 4.79 Å². The minimum absolute atomic E-state index is 0.212. The average molecular weight is 279 g/mol. The molecule has 1 amide bonds. The number of hydrogen-bond donors (Lipinski definition) is 1. The van der Waals surface area contributed by atoms with Gasteiger partial charge in [0.2, 0.25) is 6.04 Å². The van der Waals surface area contributed by atoms with Gasteiger partial charge in [-0.2, -0.15) is 0 Å². The van der Waals surface area contributed by atoms with Gasteiger partial charge in [0.1, 0.15) is 5.60 Å². The average Bonchev–Trinajstić information content (AvgIpc) is 2.31. The number of amides is 1. The summed E-state index contributed by atoms with van der Waals surface area (Å²) in [7, 11) is 0. The van der Waals surface area contributed by atoms with E-state index in [-0.39, 0.29) is 18.2 Å². The van der Waals surface area contributed by atoms with E-state index >= 15 is 0 Å². The molecule has 0 unspecified atom stereocenters. The maximum Gasteiger partial charge on any atom is 0.407 e. The third-order valence-electron chi connectivity index (χ3n) is 4.00. The van der Waals surface area contributed by atoms with E-state index < -0.39 is 5.60 Å². The number of hydrogen-bond acceptors (Lipinski definition) is 3. The molecule has 1 saturated carbocycles. The summed E-state index contributed by atoms with van der Waals surface area (Å²) in [6, 6.07) is 1.05. The van der Waals surface area contributed by atoms with Crippen molar-refractivity contribution in [3.8, 4) is 0 Å². The van der Waals surface area contributed by atoms with Crippen LogP contribution in [0.2, 0.25) is 0 Å². The van der Waals surface area contributed by atoms with E-state index in [2.05, 4.69) is 15.1 Å². The van der Waals surface area contributed by atoms with Gasteiger partial charge in [-0.25, -0.2) is 11.4 Å². The Morgan fingerprint density at radius 1 is 1.25 bits per heavy atom. The highest BCUT2D eigenvalue weighted by Crippen LogP contribution is 2.28. The highest BCUT2D eigenvalue weighted by atomic mass is 16.6. The molecule has 0 bridgehead atoms. The van der Waals surface area contributed by atoms with Gasteiger partial charge < -0.3 is 14.9 Å². The first-order valence-corrected chi connectivity index (χ1v) is 7.47. The summed E-state index contributed by atoms with van der Waals surface area (Å²) >= 11 is 0. The third-order valence-corrected chi connectivity index (χ3v) is 4.00. The first-order valence-electron chi connectivity index (χ1n) is 7.47. The molecule has 1 aliphatic heterocycles. The summed E-state index contributed by atoms with van der Waals surface area (Å²) in [5, 5.41) is 2.91. The summed E-state index contributed by atoms with van der Waals surface area (Å²) in [6.07, 6.45) is 3.96. The van der Waals surface area contributed by atoms with Crippen LogP contribution >= 0.6 is 0 Å². The SMILES string of the molecule is [C-]#[N+]C1CCC(N2CC(NC(=O)OC(C)(C)C)C2)CC1. The molecular weight excluding hydrogens is 254 g/mol. The molecule has 0 spiro atoms. The Balaban J connectivity index is 1.65. The summed E-state index contributed by atoms with van der Waals surface area (Å²) < 4.78 is 5.25. The van der Waals surface area contributed by atoms with Gasteiger partial charge in [0.15, 0.2) is 0 Å². The smallest absolute Gasteiger partial charge is 0.407 e. The van der Waals surface area contributed by atoms with Crippen molar-refractivity contribution < 1.29 is 9.53 Å². The van der Waals surface area contributed by atoms with Crippen LogP contribution in [0.1, 0.15) is 46.5 Å². The maximum atomic E-state index is 11.6. The van der Waals surface area contributed by atoms with Gasteiger partial charge >= 0.3 is 6.09 Å². The summed E-state index contributed by atoms with van der Waals surface area (Å²) in [5.74, 6) is 0. The predicted octanol–water partition coefficient (Wildman–Crippen LogP) is 2.43. The second-order valence-corrected chi connectivity index (χ2v) is 6.89. The van der Waals surface area contributed by atoms with Crippen LogP contribution in [0.5, 0.6) is 0 Å². The highest BCUT2D eigenvalue weighted by Gasteiger charge is 2.36. The molecule has 5 nitrogen and oxygen atoms in total. The van der Waals surface area contributed by atoms with Gasteiger partial charge in [0.25, 0.3) is 0 Å². The van der Waals surface area contributed by atoms with Crippen LogP contribution in [-0.2, 0) is 4.74 Å². The highest BCUT2D eigenvalue weighted by molar-refractivity contribution is 5.68. The van der Waals surface area contributed by atoms with Crippen molar-refractivity contribution in [2.24, 2.45) is 0 Å². The Bertz CT molecular complexity index is 383. The Morgan fingerprint density at radius 3 is 2.35 bits per heavy atom. The topological polar surface area (TPSA) is 45.9 Å². The lowest BCUT2D eigenvalue weighted by molar-refractivity contribution is 0.0263. The quantitative estimate of drug-likeness (QED) is 0.790. The van der Waals surface area contributed by atoms with Crippen molar-refractivity contribution in [3.63, 3.8) is 0 Å². The molecule has 2 aliphatic rings. The molecule has 20 heavy (non-hydrogen) atoms. The molecule has 0 aromatic heterocycles. The molecule has 112 valence electrons. The zero-order valence-electron chi connectivity index (χ0n) is 12.7. The number of nitrogens with one attached hydrogen (secondary N) is 1. The van der Waals surface area contributed by atoms with E-state index in [4.69, 9.17) is 11.3 Å². The zero-order valence-corrected chi connectivity index (χ0v) is 12.7. The minimum atomic E-state index is -0.439. The van der Waals surface area contributed by atoms with E-state index in [1.54, 1.807) is 0 Å². The number of nitrogens with zero attached hydrogens (tertiary/aromatic N) is 2. The maximum absolute atomic E-state index is 11.6. The predicted molar refractivity (Wildman–Crippen MR) is 77.4 cm³/mol. The Kier molecular flexibility index (Phi) is 4.54. The van der Waals surface area contributed by atoms with Gasteiger partial charge in [-0.05, 0) is 33.6 Å². The van der Waals surface area contributed by atoms with Crippen LogP contribution < -0.4 is 5.32 Å². The fourth-order valence-electron chi connectivity index (χ4n) is 2.93. The van der Waals surface area contributed by atoms with Gasteiger partial charge in [-0.3, -0.25) is 4.90 Å². The lowest BCUT2D eigenvalue weighted by Gasteiger charge is -2.45. The molecule has 1 saturated heterocycles. The lowest BCUT2D eigenvalue weighted by Crippen LogP contribution is -2.62. The molecule has 1 N–H and O–H groups in total. The van der Waals surface area contributed by atoms with E-state index in [1.165, 1.54) is 0 Å². The first-order chi connectivity index (χ1) is 9.37. The van der Waals surface area contributed by atoms with Crippen molar-refractivity contribution in [1.29, 1.82) is 0 Å². The second-order valence-electron chi connectivity index (χ2n) is 6.89. The van der Waals surface area contributed by atoms with Crippen molar-refractivity contribution >= 4 is 6.09 Å². The summed E-state index contributed by atoms with van der Waals surface area (Å²) in [5.41, 5.74) is -0.439. The Labute approximate surface area is 121 Å². The van der Waals surface area contributed by atoms with Crippen LogP contribution in [0.15, 0.2) is 0 Å². The van der Waals surface area contributed by atoms with Crippen LogP contribution in [-0.4, -0.2) is 47.8 Å². The second kappa shape index (κ2) is 6.01. The van der Waals surface area contributed by atoms with E-state index in [0.29, 0.717) is 6.04 Å².